The zero-order valence-electron chi connectivity index (χ0n) is 26.9. The van der Waals surface area contributed by atoms with E-state index < -0.39 is 0 Å². The second-order valence-corrected chi connectivity index (χ2v) is 15.1. The van der Waals surface area contributed by atoms with E-state index in [0.717, 1.165) is 11.4 Å². The van der Waals surface area contributed by atoms with Gasteiger partial charge in [-0.15, -0.1) is 22.7 Å². The number of benzene rings is 8. The third kappa shape index (κ3) is 4.07. The highest BCUT2D eigenvalue weighted by Gasteiger charge is 2.24. The average Bonchev–Trinajstić information content (AvgIpc) is 3.85. The fraction of sp³-hybridized carbons (Fsp3) is 0. The molecule has 11 rings (SSSR count). The molecule has 11 aromatic rings. The number of anilines is 3. The Morgan fingerprint density at radius 1 is 0.400 bits per heavy atom. The van der Waals surface area contributed by atoms with Crippen LogP contribution >= 0.6 is 22.7 Å². The minimum absolute atomic E-state index is 1.14. The highest BCUT2D eigenvalue weighted by atomic mass is 32.1. The normalized spacial score (nSPS) is 12.0. The minimum Gasteiger partial charge on any atom is -0.309 e. The molecule has 0 fully saturated rings. The number of fused-ring (bicyclic) bond motifs is 10. The molecule has 50 heavy (non-hydrogen) atoms. The molecule has 234 valence electrons. The number of hydrogen-bond acceptors (Lipinski definition) is 3. The van der Waals surface area contributed by atoms with Crippen LogP contribution in [0.1, 0.15) is 0 Å². The quantitative estimate of drug-likeness (QED) is 0.181. The highest BCUT2D eigenvalue weighted by Crippen LogP contribution is 2.50. The van der Waals surface area contributed by atoms with E-state index in [2.05, 4.69) is 179 Å². The van der Waals surface area contributed by atoms with Crippen LogP contribution < -0.4 is 4.90 Å². The van der Waals surface area contributed by atoms with Crippen molar-refractivity contribution in [2.24, 2.45) is 0 Å². The van der Waals surface area contributed by atoms with Crippen LogP contribution in [0.2, 0.25) is 0 Å². The largest absolute Gasteiger partial charge is 0.309 e. The number of aromatic nitrogens is 1. The highest BCUT2D eigenvalue weighted by molar-refractivity contribution is 7.26. The standard InChI is InChI=1S/C46H28N2S2/c1-2-13-30-26-31(25-24-29(30)12-1)47(40-20-11-23-44-45(40)36-17-6-10-22-43(36)49-44)41-28-32(27-37-35-16-5-9-21-42(35)50-46(37)41)48-38-18-7-3-14-33(38)34-15-4-8-19-39(34)48/h1-28H. The SMILES string of the molecule is c1ccc2cc(N(c3cc(-n4c5ccccc5c5ccccc54)cc4c3sc3ccccc34)c3cccc4sc5ccccc5c34)ccc2c1. The lowest BCUT2D eigenvalue weighted by molar-refractivity contribution is 1.18. The number of para-hydroxylation sites is 2. The van der Waals surface area contributed by atoms with Gasteiger partial charge < -0.3 is 9.47 Å². The van der Waals surface area contributed by atoms with Crippen LogP contribution in [-0.4, -0.2) is 4.57 Å². The molecule has 0 radical (unpaired) electrons. The zero-order valence-corrected chi connectivity index (χ0v) is 28.5. The fourth-order valence-electron chi connectivity index (χ4n) is 7.96. The molecular weight excluding hydrogens is 645 g/mol. The molecule has 0 saturated carbocycles. The summed E-state index contributed by atoms with van der Waals surface area (Å²) in [6, 6.07) is 62.5. The second-order valence-electron chi connectivity index (χ2n) is 12.9. The van der Waals surface area contributed by atoms with E-state index in [1.54, 1.807) is 0 Å². The molecule has 0 aliphatic heterocycles. The average molecular weight is 673 g/mol. The Hall–Kier alpha value is -5.94. The number of rotatable bonds is 4. The van der Waals surface area contributed by atoms with E-state index in [-0.39, 0.29) is 0 Å². The maximum Gasteiger partial charge on any atom is 0.0661 e. The van der Waals surface area contributed by atoms with Crippen LogP contribution in [0.5, 0.6) is 0 Å². The summed E-state index contributed by atoms with van der Waals surface area (Å²) in [6.07, 6.45) is 0. The molecule has 2 nitrogen and oxygen atoms in total. The predicted octanol–water partition coefficient (Wildman–Crippen LogP) is 14.1. The Labute approximate surface area is 296 Å². The van der Waals surface area contributed by atoms with Gasteiger partial charge in [-0.25, -0.2) is 0 Å². The monoisotopic (exact) mass is 672 g/mol. The summed E-state index contributed by atoms with van der Waals surface area (Å²) < 4.78 is 7.63. The van der Waals surface area contributed by atoms with Gasteiger partial charge in [-0.05, 0) is 71.4 Å². The van der Waals surface area contributed by atoms with E-state index in [1.165, 1.54) is 84.3 Å². The molecule has 0 unspecified atom stereocenters. The minimum atomic E-state index is 1.14. The van der Waals surface area contributed by atoms with Gasteiger partial charge in [0.2, 0.25) is 0 Å². The van der Waals surface area contributed by atoms with E-state index in [9.17, 15) is 0 Å². The third-order valence-electron chi connectivity index (χ3n) is 10.1. The van der Waals surface area contributed by atoms with Crippen LogP contribution in [0.4, 0.5) is 17.1 Å². The van der Waals surface area contributed by atoms with Crippen molar-refractivity contribution < 1.29 is 0 Å². The molecule has 0 saturated heterocycles. The molecule has 0 N–H and O–H groups in total. The topological polar surface area (TPSA) is 8.17 Å². The number of hydrogen-bond donors (Lipinski definition) is 0. The molecule has 0 atom stereocenters. The molecule has 0 aliphatic rings. The van der Waals surface area contributed by atoms with E-state index in [4.69, 9.17) is 0 Å². The van der Waals surface area contributed by atoms with Crippen LogP contribution in [-0.2, 0) is 0 Å². The van der Waals surface area contributed by atoms with Crippen molar-refractivity contribution in [2.75, 3.05) is 4.90 Å². The van der Waals surface area contributed by atoms with Gasteiger partial charge in [0.05, 0.1) is 27.1 Å². The smallest absolute Gasteiger partial charge is 0.0661 e. The Kier molecular flexibility index (Phi) is 6.03. The molecule has 3 aromatic heterocycles. The van der Waals surface area contributed by atoms with Gasteiger partial charge in [-0.2, -0.15) is 0 Å². The Balaban J connectivity index is 1.31. The summed E-state index contributed by atoms with van der Waals surface area (Å²) in [5, 5.41) is 10.1. The van der Waals surface area contributed by atoms with Crippen molar-refractivity contribution >= 4 is 113 Å². The lowest BCUT2D eigenvalue weighted by atomic mass is 10.0. The molecule has 3 heterocycles. The maximum absolute atomic E-state index is 2.53. The molecule has 0 amide bonds. The summed E-state index contributed by atoms with van der Waals surface area (Å²) >= 11 is 3.75. The van der Waals surface area contributed by atoms with Crippen LogP contribution in [0, 0.1) is 0 Å². The van der Waals surface area contributed by atoms with Crippen molar-refractivity contribution in [3.63, 3.8) is 0 Å². The van der Waals surface area contributed by atoms with Crippen molar-refractivity contribution in [2.45, 2.75) is 0 Å². The Bertz CT molecular complexity index is 3070. The zero-order chi connectivity index (χ0) is 32.8. The lowest BCUT2D eigenvalue weighted by Gasteiger charge is -2.28. The van der Waals surface area contributed by atoms with E-state index in [0.29, 0.717) is 0 Å². The molecule has 8 aromatic carbocycles. The van der Waals surface area contributed by atoms with Crippen LogP contribution in [0.15, 0.2) is 170 Å². The first-order valence-electron chi connectivity index (χ1n) is 16.9. The first-order valence-corrected chi connectivity index (χ1v) is 18.6. The first kappa shape index (κ1) is 28.0. The van der Waals surface area contributed by atoms with Gasteiger partial charge in [0, 0.05) is 57.8 Å². The second kappa shape index (κ2) is 10.8. The summed E-state index contributed by atoms with van der Waals surface area (Å²) in [4.78, 5) is 2.53. The third-order valence-corrected chi connectivity index (χ3v) is 12.5. The van der Waals surface area contributed by atoms with Gasteiger partial charge in [-0.1, -0.05) is 109 Å². The van der Waals surface area contributed by atoms with Gasteiger partial charge in [0.1, 0.15) is 0 Å². The summed E-state index contributed by atoms with van der Waals surface area (Å²) in [5.41, 5.74) is 7.08. The molecular formula is C46H28N2S2. The summed E-state index contributed by atoms with van der Waals surface area (Å²) in [5.74, 6) is 0. The van der Waals surface area contributed by atoms with Gasteiger partial charge >= 0.3 is 0 Å². The predicted molar refractivity (Wildman–Crippen MR) is 219 cm³/mol. The number of nitrogens with zero attached hydrogens (tertiary/aromatic N) is 2. The van der Waals surface area contributed by atoms with Gasteiger partial charge in [-0.3, -0.25) is 0 Å². The van der Waals surface area contributed by atoms with E-state index in [1.807, 2.05) is 22.7 Å². The first-order chi connectivity index (χ1) is 24.8. The van der Waals surface area contributed by atoms with E-state index >= 15 is 0 Å². The van der Waals surface area contributed by atoms with Gasteiger partial charge in [0.15, 0.2) is 0 Å². The van der Waals surface area contributed by atoms with Crippen molar-refractivity contribution in [3.05, 3.63) is 170 Å². The van der Waals surface area contributed by atoms with Gasteiger partial charge in [0.25, 0.3) is 0 Å². The Morgan fingerprint density at radius 2 is 1.02 bits per heavy atom. The molecule has 0 spiro atoms. The lowest BCUT2D eigenvalue weighted by Crippen LogP contribution is -2.11. The van der Waals surface area contributed by atoms with Crippen molar-refractivity contribution in [1.82, 2.24) is 4.57 Å². The number of thiophene rings is 2. The van der Waals surface area contributed by atoms with Crippen molar-refractivity contribution in [3.8, 4) is 5.69 Å². The van der Waals surface area contributed by atoms with Crippen LogP contribution in [0.3, 0.4) is 0 Å². The molecule has 0 aliphatic carbocycles. The molecule has 0 bridgehead atoms. The fourth-order valence-corrected chi connectivity index (χ4v) is 10.3. The van der Waals surface area contributed by atoms with Crippen molar-refractivity contribution in [1.29, 1.82) is 0 Å². The maximum atomic E-state index is 2.53. The Morgan fingerprint density at radius 3 is 1.80 bits per heavy atom. The summed E-state index contributed by atoms with van der Waals surface area (Å²) in [6.45, 7) is 0. The summed E-state index contributed by atoms with van der Waals surface area (Å²) in [7, 11) is 0. The van der Waals surface area contributed by atoms with Crippen LogP contribution in [0.25, 0.3) is 78.6 Å². The molecule has 4 heteroatoms.